The summed E-state index contributed by atoms with van der Waals surface area (Å²) in [4.78, 5) is 16.3. The van der Waals surface area contributed by atoms with Gasteiger partial charge in [0, 0.05) is 18.0 Å². The highest BCUT2D eigenvalue weighted by atomic mass is 32.2. The van der Waals surface area contributed by atoms with E-state index in [0.29, 0.717) is 0 Å². The SMILES string of the molecule is CC1CCN(C(=O)[C@H](Sc2ccccc2)c2ccccc2)CC1. The van der Waals surface area contributed by atoms with Crippen LogP contribution in [0.2, 0.25) is 0 Å². The number of carbonyl (C=O) groups excluding carboxylic acids is 1. The highest BCUT2D eigenvalue weighted by Crippen LogP contribution is 2.37. The van der Waals surface area contributed by atoms with Crippen LogP contribution in [0.5, 0.6) is 0 Å². The Bertz CT molecular complexity index is 621. The van der Waals surface area contributed by atoms with Crippen molar-refractivity contribution in [2.45, 2.75) is 29.9 Å². The van der Waals surface area contributed by atoms with E-state index >= 15 is 0 Å². The average Bonchev–Trinajstić information content (AvgIpc) is 2.61. The maximum atomic E-state index is 13.1. The fourth-order valence-corrected chi connectivity index (χ4v) is 4.05. The molecule has 0 radical (unpaired) electrons. The van der Waals surface area contributed by atoms with Crippen molar-refractivity contribution in [3.63, 3.8) is 0 Å². The molecule has 2 aromatic carbocycles. The summed E-state index contributed by atoms with van der Waals surface area (Å²) in [5, 5.41) is -0.160. The van der Waals surface area contributed by atoms with Crippen molar-refractivity contribution < 1.29 is 4.79 Å². The molecule has 0 unspecified atom stereocenters. The van der Waals surface area contributed by atoms with Crippen LogP contribution in [0.25, 0.3) is 0 Å². The molecule has 1 amide bonds. The zero-order chi connectivity index (χ0) is 16.1. The molecule has 2 aromatic rings. The number of hydrogen-bond donors (Lipinski definition) is 0. The quantitative estimate of drug-likeness (QED) is 0.754. The van der Waals surface area contributed by atoms with Crippen LogP contribution in [-0.4, -0.2) is 23.9 Å². The van der Waals surface area contributed by atoms with E-state index in [4.69, 9.17) is 0 Å². The number of nitrogens with zero attached hydrogens (tertiary/aromatic N) is 1. The summed E-state index contributed by atoms with van der Waals surface area (Å²) in [5.74, 6) is 0.980. The normalized spacial score (nSPS) is 17.0. The molecule has 1 aliphatic heterocycles. The number of thioether (sulfide) groups is 1. The van der Waals surface area contributed by atoms with Gasteiger partial charge in [-0.15, -0.1) is 11.8 Å². The molecule has 3 rings (SSSR count). The number of benzene rings is 2. The minimum Gasteiger partial charge on any atom is -0.341 e. The molecule has 1 aliphatic rings. The maximum Gasteiger partial charge on any atom is 0.240 e. The second kappa shape index (κ2) is 7.69. The van der Waals surface area contributed by atoms with Crippen molar-refractivity contribution in [2.75, 3.05) is 13.1 Å². The van der Waals surface area contributed by atoms with Gasteiger partial charge in [0.2, 0.25) is 5.91 Å². The van der Waals surface area contributed by atoms with E-state index < -0.39 is 0 Å². The third-order valence-electron chi connectivity index (χ3n) is 4.42. The Morgan fingerprint density at radius 2 is 1.57 bits per heavy atom. The zero-order valence-corrected chi connectivity index (χ0v) is 14.3. The Kier molecular flexibility index (Phi) is 5.39. The number of carbonyl (C=O) groups is 1. The van der Waals surface area contributed by atoms with Gasteiger partial charge < -0.3 is 4.90 Å². The van der Waals surface area contributed by atoms with Gasteiger partial charge >= 0.3 is 0 Å². The van der Waals surface area contributed by atoms with Crippen LogP contribution in [0.3, 0.4) is 0 Å². The zero-order valence-electron chi connectivity index (χ0n) is 13.5. The number of likely N-dealkylation sites (tertiary alicyclic amines) is 1. The lowest BCUT2D eigenvalue weighted by Gasteiger charge is -2.33. The summed E-state index contributed by atoms with van der Waals surface area (Å²) in [7, 11) is 0. The van der Waals surface area contributed by atoms with Gasteiger partial charge in [-0.1, -0.05) is 55.5 Å². The molecule has 0 spiro atoms. The molecule has 1 fully saturated rings. The molecule has 120 valence electrons. The monoisotopic (exact) mass is 325 g/mol. The van der Waals surface area contributed by atoms with Gasteiger partial charge in [0.15, 0.2) is 0 Å². The first-order valence-corrected chi connectivity index (χ1v) is 9.17. The summed E-state index contributed by atoms with van der Waals surface area (Å²) >= 11 is 1.65. The van der Waals surface area contributed by atoms with Crippen molar-refractivity contribution >= 4 is 17.7 Å². The lowest BCUT2D eigenvalue weighted by Crippen LogP contribution is -2.40. The fourth-order valence-electron chi connectivity index (χ4n) is 2.92. The summed E-state index contributed by atoms with van der Waals surface area (Å²) in [6, 6.07) is 20.4. The molecule has 2 nitrogen and oxygen atoms in total. The smallest absolute Gasteiger partial charge is 0.240 e. The lowest BCUT2D eigenvalue weighted by atomic mass is 9.98. The second-order valence-corrected chi connectivity index (χ2v) is 7.41. The van der Waals surface area contributed by atoms with Crippen LogP contribution in [0, 0.1) is 5.92 Å². The molecular formula is C20H23NOS. The summed E-state index contributed by atoms with van der Waals surface area (Å²) in [5.41, 5.74) is 1.09. The molecule has 23 heavy (non-hydrogen) atoms. The molecule has 1 atom stereocenters. The first-order valence-electron chi connectivity index (χ1n) is 8.29. The van der Waals surface area contributed by atoms with Gasteiger partial charge in [-0.3, -0.25) is 4.79 Å². The Morgan fingerprint density at radius 3 is 2.17 bits per heavy atom. The first kappa shape index (κ1) is 16.1. The predicted octanol–water partition coefficient (Wildman–Crippen LogP) is 4.78. The molecule has 1 saturated heterocycles. The van der Waals surface area contributed by atoms with Gasteiger partial charge in [0.05, 0.1) is 0 Å². The molecule has 3 heteroatoms. The largest absolute Gasteiger partial charge is 0.341 e. The van der Waals surface area contributed by atoms with Gasteiger partial charge in [-0.05, 0) is 36.5 Å². The Morgan fingerprint density at radius 1 is 1.00 bits per heavy atom. The van der Waals surface area contributed by atoms with Crippen LogP contribution < -0.4 is 0 Å². The van der Waals surface area contributed by atoms with Crippen LogP contribution in [0.4, 0.5) is 0 Å². The van der Waals surface area contributed by atoms with Crippen molar-refractivity contribution in [1.82, 2.24) is 4.90 Å². The fraction of sp³-hybridized carbons (Fsp3) is 0.350. The number of piperidine rings is 1. The lowest BCUT2D eigenvalue weighted by molar-refractivity contribution is -0.132. The Hall–Kier alpha value is -1.74. The first-order chi connectivity index (χ1) is 11.2. The maximum absolute atomic E-state index is 13.1. The summed E-state index contributed by atoms with van der Waals surface area (Å²) in [6.45, 7) is 4.05. The van der Waals surface area contributed by atoms with Crippen LogP contribution >= 0.6 is 11.8 Å². The van der Waals surface area contributed by atoms with E-state index in [-0.39, 0.29) is 11.2 Å². The minimum absolute atomic E-state index is 0.160. The molecular weight excluding hydrogens is 302 g/mol. The van der Waals surface area contributed by atoms with E-state index in [1.165, 1.54) is 0 Å². The van der Waals surface area contributed by atoms with Crippen molar-refractivity contribution in [3.8, 4) is 0 Å². The highest BCUT2D eigenvalue weighted by Gasteiger charge is 2.29. The number of hydrogen-bond acceptors (Lipinski definition) is 2. The van der Waals surface area contributed by atoms with Gasteiger partial charge in [0.1, 0.15) is 5.25 Å². The summed E-state index contributed by atoms with van der Waals surface area (Å²) < 4.78 is 0. The van der Waals surface area contributed by atoms with E-state index in [2.05, 4.69) is 31.2 Å². The van der Waals surface area contributed by atoms with Crippen LogP contribution in [-0.2, 0) is 4.79 Å². The van der Waals surface area contributed by atoms with Gasteiger partial charge in [0.25, 0.3) is 0 Å². The molecule has 0 aromatic heterocycles. The molecule has 0 saturated carbocycles. The predicted molar refractivity (Wildman–Crippen MR) is 96.5 cm³/mol. The topological polar surface area (TPSA) is 20.3 Å². The van der Waals surface area contributed by atoms with Crippen LogP contribution in [0.1, 0.15) is 30.6 Å². The average molecular weight is 325 g/mol. The van der Waals surface area contributed by atoms with Crippen molar-refractivity contribution in [3.05, 3.63) is 66.2 Å². The number of rotatable bonds is 4. The summed E-state index contributed by atoms with van der Waals surface area (Å²) in [6.07, 6.45) is 2.23. The van der Waals surface area contributed by atoms with E-state index in [9.17, 15) is 4.79 Å². The van der Waals surface area contributed by atoms with Crippen LogP contribution in [0.15, 0.2) is 65.6 Å². The number of amides is 1. The third-order valence-corrected chi connectivity index (χ3v) is 5.67. The molecule has 0 bridgehead atoms. The van der Waals surface area contributed by atoms with E-state index in [1.807, 2.05) is 41.3 Å². The standard InChI is InChI=1S/C20H23NOS/c1-16-12-14-21(15-13-16)20(22)19(17-8-4-2-5-9-17)23-18-10-6-3-7-11-18/h2-11,16,19H,12-15H2,1H3/t19-/m1/s1. The molecule has 0 aliphatic carbocycles. The Labute approximate surface area is 142 Å². The van der Waals surface area contributed by atoms with Crippen molar-refractivity contribution in [1.29, 1.82) is 0 Å². The van der Waals surface area contributed by atoms with Crippen molar-refractivity contribution in [2.24, 2.45) is 5.92 Å². The highest BCUT2D eigenvalue weighted by molar-refractivity contribution is 8.00. The van der Waals surface area contributed by atoms with E-state index in [0.717, 1.165) is 42.3 Å². The second-order valence-electron chi connectivity index (χ2n) is 6.23. The molecule has 0 N–H and O–H groups in total. The molecule has 1 heterocycles. The Balaban J connectivity index is 1.81. The minimum atomic E-state index is -0.160. The third kappa shape index (κ3) is 4.17. The van der Waals surface area contributed by atoms with Gasteiger partial charge in [-0.2, -0.15) is 0 Å². The van der Waals surface area contributed by atoms with Gasteiger partial charge in [-0.25, -0.2) is 0 Å². The van der Waals surface area contributed by atoms with E-state index in [1.54, 1.807) is 11.8 Å².